The summed E-state index contributed by atoms with van der Waals surface area (Å²) < 4.78 is 54.5. The molecule has 0 aliphatic rings. The first-order valence-electron chi connectivity index (χ1n) is 8.51. The van der Waals surface area contributed by atoms with Crippen molar-refractivity contribution in [2.24, 2.45) is 11.8 Å². The third-order valence-electron chi connectivity index (χ3n) is 3.74. The molecule has 0 unspecified atom stereocenters. The molecule has 0 aromatic carbocycles. The number of halogens is 4. The lowest BCUT2D eigenvalue weighted by Gasteiger charge is -2.28. The van der Waals surface area contributed by atoms with Gasteiger partial charge in [0.25, 0.3) is 0 Å². The fraction of sp³-hybridized carbons (Fsp3) is 0.421. The molecule has 2 aromatic heterocycles. The van der Waals surface area contributed by atoms with Crippen molar-refractivity contribution in [1.29, 1.82) is 0 Å². The highest BCUT2D eigenvalue weighted by Crippen LogP contribution is 2.37. The van der Waals surface area contributed by atoms with E-state index in [4.69, 9.17) is 0 Å². The summed E-state index contributed by atoms with van der Waals surface area (Å²) >= 11 is 0. The van der Waals surface area contributed by atoms with Crippen molar-refractivity contribution in [3.8, 4) is 11.3 Å². The third kappa shape index (κ3) is 5.02. The van der Waals surface area contributed by atoms with E-state index in [1.165, 1.54) is 18.3 Å². The molecule has 0 radical (unpaired) electrons. The van der Waals surface area contributed by atoms with Crippen LogP contribution in [-0.2, 0) is 11.0 Å². The van der Waals surface area contributed by atoms with Gasteiger partial charge in [-0.25, -0.2) is 9.37 Å². The summed E-state index contributed by atoms with van der Waals surface area (Å²) in [7, 11) is 0. The number of hydrogen-bond donors (Lipinski definition) is 0. The Hall–Kier alpha value is -2.51. The first-order chi connectivity index (χ1) is 12.5. The van der Waals surface area contributed by atoms with Crippen LogP contribution in [0.3, 0.4) is 0 Å². The predicted molar refractivity (Wildman–Crippen MR) is 94.5 cm³/mol. The average Bonchev–Trinajstić information content (AvgIpc) is 2.57. The van der Waals surface area contributed by atoms with Gasteiger partial charge in [-0.2, -0.15) is 13.2 Å². The van der Waals surface area contributed by atoms with E-state index < -0.39 is 29.5 Å². The Bertz CT molecular complexity index is 819. The van der Waals surface area contributed by atoms with Gasteiger partial charge in [-0.05, 0) is 24.1 Å². The van der Waals surface area contributed by atoms with Crippen LogP contribution in [0, 0.1) is 17.7 Å². The number of carbonyl (C=O) groups excluding carboxylic acids is 1. The molecule has 0 saturated carbocycles. The van der Waals surface area contributed by atoms with Crippen LogP contribution in [0.15, 0.2) is 30.6 Å². The highest BCUT2D eigenvalue weighted by Gasteiger charge is 2.39. The molecule has 146 valence electrons. The summed E-state index contributed by atoms with van der Waals surface area (Å²) in [5.41, 5.74) is -1.43. The standard InChI is InChI=1S/C19H21F4N3O/c1-11(2)10-26(18(27)12(3)4)16-6-5-15(25-17(16)19(21,22)23)13-7-14(20)9-24-8-13/h5-9,11-12H,10H2,1-4H3. The maximum atomic E-state index is 13.7. The molecule has 27 heavy (non-hydrogen) atoms. The minimum absolute atomic E-state index is 0.0409. The van der Waals surface area contributed by atoms with E-state index in [9.17, 15) is 22.4 Å². The first-order valence-corrected chi connectivity index (χ1v) is 8.51. The van der Waals surface area contributed by atoms with E-state index in [1.807, 2.05) is 13.8 Å². The quantitative estimate of drug-likeness (QED) is 0.687. The topological polar surface area (TPSA) is 46.1 Å². The molecule has 0 atom stereocenters. The molecule has 0 aliphatic heterocycles. The number of hydrogen-bond acceptors (Lipinski definition) is 3. The number of alkyl halides is 3. The summed E-state index contributed by atoms with van der Waals surface area (Å²) in [6.45, 7) is 7.01. The van der Waals surface area contributed by atoms with Gasteiger partial charge in [0.1, 0.15) is 5.82 Å². The van der Waals surface area contributed by atoms with Gasteiger partial charge in [0.05, 0.1) is 17.6 Å². The van der Waals surface area contributed by atoms with Crippen LogP contribution < -0.4 is 4.90 Å². The Morgan fingerprint density at radius 3 is 2.33 bits per heavy atom. The monoisotopic (exact) mass is 383 g/mol. The molecule has 0 aliphatic carbocycles. The second-order valence-corrected chi connectivity index (χ2v) is 6.95. The molecule has 0 fully saturated rings. The number of amides is 1. The Labute approximate surface area is 155 Å². The Morgan fingerprint density at radius 2 is 1.81 bits per heavy atom. The SMILES string of the molecule is CC(C)CN(C(=O)C(C)C)c1ccc(-c2cncc(F)c2)nc1C(F)(F)F. The second kappa shape index (κ2) is 8.02. The Kier molecular flexibility index (Phi) is 6.18. The maximum absolute atomic E-state index is 13.7. The molecule has 2 aromatic rings. The van der Waals surface area contributed by atoms with Gasteiger partial charge < -0.3 is 4.90 Å². The zero-order chi connectivity index (χ0) is 20.4. The molecular weight excluding hydrogens is 362 g/mol. The molecule has 4 nitrogen and oxygen atoms in total. The molecule has 0 bridgehead atoms. The number of rotatable bonds is 5. The van der Waals surface area contributed by atoms with E-state index in [-0.39, 0.29) is 29.4 Å². The normalized spacial score (nSPS) is 11.9. The van der Waals surface area contributed by atoms with Crippen molar-refractivity contribution in [2.45, 2.75) is 33.9 Å². The maximum Gasteiger partial charge on any atom is 0.435 e. The number of pyridine rings is 2. The zero-order valence-corrected chi connectivity index (χ0v) is 15.5. The lowest BCUT2D eigenvalue weighted by Crippen LogP contribution is -2.38. The third-order valence-corrected chi connectivity index (χ3v) is 3.74. The lowest BCUT2D eigenvalue weighted by atomic mass is 10.1. The first kappa shape index (κ1) is 20.8. The van der Waals surface area contributed by atoms with E-state index >= 15 is 0 Å². The van der Waals surface area contributed by atoms with Crippen LogP contribution in [0.1, 0.15) is 33.4 Å². The minimum Gasteiger partial charge on any atom is -0.310 e. The zero-order valence-electron chi connectivity index (χ0n) is 15.5. The van der Waals surface area contributed by atoms with Gasteiger partial charge in [-0.3, -0.25) is 9.78 Å². The van der Waals surface area contributed by atoms with Gasteiger partial charge >= 0.3 is 6.18 Å². The fourth-order valence-corrected chi connectivity index (χ4v) is 2.57. The van der Waals surface area contributed by atoms with Crippen LogP contribution in [-0.4, -0.2) is 22.4 Å². The molecule has 2 heterocycles. The Balaban J connectivity index is 2.62. The van der Waals surface area contributed by atoms with Crippen molar-refractivity contribution in [3.63, 3.8) is 0 Å². The molecule has 0 spiro atoms. The molecule has 1 amide bonds. The van der Waals surface area contributed by atoms with Gasteiger partial charge in [-0.15, -0.1) is 0 Å². The van der Waals surface area contributed by atoms with Gasteiger partial charge in [0.2, 0.25) is 5.91 Å². The predicted octanol–water partition coefficient (Wildman–Crippen LogP) is 4.95. The molecule has 0 saturated heterocycles. The number of aromatic nitrogens is 2. The number of anilines is 1. The number of carbonyl (C=O) groups is 1. The summed E-state index contributed by atoms with van der Waals surface area (Å²) in [4.78, 5) is 21.0. The van der Waals surface area contributed by atoms with Crippen LogP contribution in [0.2, 0.25) is 0 Å². The highest BCUT2D eigenvalue weighted by molar-refractivity contribution is 5.95. The smallest absolute Gasteiger partial charge is 0.310 e. The van der Waals surface area contributed by atoms with Crippen LogP contribution in [0.4, 0.5) is 23.2 Å². The van der Waals surface area contributed by atoms with E-state index in [0.29, 0.717) is 0 Å². The number of nitrogens with zero attached hydrogens (tertiary/aromatic N) is 3. The van der Waals surface area contributed by atoms with Gasteiger partial charge in [0.15, 0.2) is 5.69 Å². The molecule has 0 N–H and O–H groups in total. The summed E-state index contributed by atoms with van der Waals surface area (Å²) in [6, 6.07) is 3.60. The summed E-state index contributed by atoms with van der Waals surface area (Å²) in [5, 5.41) is 0. The molecular formula is C19H21F4N3O. The van der Waals surface area contributed by atoms with Crippen molar-refractivity contribution in [1.82, 2.24) is 9.97 Å². The van der Waals surface area contributed by atoms with Crippen molar-refractivity contribution < 1.29 is 22.4 Å². The van der Waals surface area contributed by atoms with Crippen LogP contribution >= 0.6 is 0 Å². The second-order valence-electron chi connectivity index (χ2n) is 6.95. The summed E-state index contributed by atoms with van der Waals surface area (Å²) in [6.07, 6.45) is -2.59. The van der Waals surface area contributed by atoms with E-state index in [0.717, 1.165) is 17.2 Å². The lowest BCUT2D eigenvalue weighted by molar-refractivity contribution is -0.140. The van der Waals surface area contributed by atoms with E-state index in [2.05, 4.69) is 9.97 Å². The van der Waals surface area contributed by atoms with Crippen molar-refractivity contribution in [3.05, 3.63) is 42.1 Å². The fourth-order valence-electron chi connectivity index (χ4n) is 2.57. The highest BCUT2D eigenvalue weighted by atomic mass is 19.4. The van der Waals surface area contributed by atoms with E-state index in [1.54, 1.807) is 13.8 Å². The summed E-state index contributed by atoms with van der Waals surface area (Å²) in [5.74, 6) is -1.61. The Morgan fingerprint density at radius 1 is 1.15 bits per heavy atom. The minimum atomic E-state index is -4.78. The molecule has 8 heteroatoms. The average molecular weight is 383 g/mol. The van der Waals surface area contributed by atoms with Crippen molar-refractivity contribution in [2.75, 3.05) is 11.4 Å². The van der Waals surface area contributed by atoms with Gasteiger partial charge in [-0.1, -0.05) is 27.7 Å². The largest absolute Gasteiger partial charge is 0.435 e. The van der Waals surface area contributed by atoms with Gasteiger partial charge in [0, 0.05) is 24.2 Å². The van der Waals surface area contributed by atoms with Crippen LogP contribution in [0.25, 0.3) is 11.3 Å². The van der Waals surface area contributed by atoms with Crippen LogP contribution in [0.5, 0.6) is 0 Å². The van der Waals surface area contributed by atoms with Crippen molar-refractivity contribution >= 4 is 11.6 Å². The molecule has 2 rings (SSSR count).